The summed E-state index contributed by atoms with van der Waals surface area (Å²) in [6.45, 7) is 0. The molecular formula is C18H13NO2. The van der Waals surface area contributed by atoms with Gasteiger partial charge in [-0.05, 0) is 29.8 Å². The molecule has 0 fully saturated rings. The van der Waals surface area contributed by atoms with Crippen LogP contribution in [0.5, 0.6) is 0 Å². The van der Waals surface area contributed by atoms with Gasteiger partial charge in [0.15, 0.2) is 0 Å². The fourth-order valence-corrected chi connectivity index (χ4v) is 2.94. The summed E-state index contributed by atoms with van der Waals surface area (Å²) in [5.41, 5.74) is 5.88. The number of nitrogens with zero attached hydrogens (tertiary/aromatic N) is 1. The average Bonchev–Trinajstić information content (AvgIpc) is 3.10. The molecule has 0 unspecified atom stereocenters. The summed E-state index contributed by atoms with van der Waals surface area (Å²) in [6.07, 6.45) is 0. The minimum Gasteiger partial charge on any atom is -0.465 e. The van der Waals surface area contributed by atoms with Gasteiger partial charge in [0, 0.05) is 11.1 Å². The number of hydrogen-bond acceptors (Lipinski definition) is 2. The lowest BCUT2D eigenvalue weighted by atomic mass is 10.1. The van der Waals surface area contributed by atoms with Crippen LogP contribution in [0.15, 0.2) is 60.7 Å². The number of methoxy groups -OCH3 is 1. The van der Waals surface area contributed by atoms with Gasteiger partial charge in [-0.15, -0.1) is 0 Å². The number of rotatable bonds is 2. The van der Waals surface area contributed by atoms with E-state index in [1.165, 1.54) is 7.11 Å². The van der Waals surface area contributed by atoms with Crippen molar-refractivity contribution in [2.45, 2.75) is 0 Å². The van der Waals surface area contributed by atoms with Gasteiger partial charge in [0.2, 0.25) is 0 Å². The first-order valence-corrected chi connectivity index (χ1v) is 6.80. The number of aromatic nitrogens is 1. The van der Waals surface area contributed by atoms with Gasteiger partial charge in [-0.1, -0.05) is 36.4 Å². The Morgan fingerprint density at radius 1 is 0.952 bits per heavy atom. The maximum atomic E-state index is 12.0. The summed E-state index contributed by atoms with van der Waals surface area (Å²) in [5, 5.41) is 0. The van der Waals surface area contributed by atoms with Crippen LogP contribution >= 0.6 is 0 Å². The molecule has 0 aliphatic rings. The molecule has 102 valence electrons. The Kier molecular flexibility index (Phi) is 2.48. The zero-order valence-corrected chi connectivity index (χ0v) is 11.5. The summed E-state index contributed by atoms with van der Waals surface area (Å²) in [4.78, 5) is 12.0. The standard InChI is InChI=1S/C18H13NO2/c1-21-18(20)15-11-17-14(12-6-3-2-4-7-12)10-13-8-5-9-16(15)19(13)17/h2-11H,1H3. The summed E-state index contributed by atoms with van der Waals surface area (Å²) >= 11 is 0. The number of benzene rings is 1. The van der Waals surface area contributed by atoms with Crippen LogP contribution in [0.3, 0.4) is 0 Å². The molecule has 0 aliphatic heterocycles. The topological polar surface area (TPSA) is 30.7 Å². The molecule has 0 amide bonds. The molecule has 21 heavy (non-hydrogen) atoms. The first-order chi connectivity index (χ1) is 10.3. The Bertz CT molecular complexity index is 938. The predicted molar refractivity (Wildman–Crippen MR) is 82.9 cm³/mol. The molecule has 0 spiro atoms. The van der Waals surface area contributed by atoms with Crippen LogP contribution in [0.25, 0.3) is 27.7 Å². The normalized spacial score (nSPS) is 11.3. The van der Waals surface area contributed by atoms with Crippen molar-refractivity contribution in [2.24, 2.45) is 0 Å². The lowest BCUT2D eigenvalue weighted by Gasteiger charge is -1.98. The van der Waals surface area contributed by atoms with Gasteiger partial charge in [0.1, 0.15) is 0 Å². The van der Waals surface area contributed by atoms with Crippen molar-refractivity contribution in [2.75, 3.05) is 7.11 Å². The highest BCUT2D eigenvalue weighted by Gasteiger charge is 2.19. The van der Waals surface area contributed by atoms with Crippen LogP contribution in [-0.4, -0.2) is 17.5 Å². The number of ether oxygens (including phenoxy) is 1. The van der Waals surface area contributed by atoms with Crippen molar-refractivity contribution in [1.29, 1.82) is 0 Å². The van der Waals surface area contributed by atoms with Crippen molar-refractivity contribution in [3.05, 3.63) is 66.2 Å². The third-order valence-corrected chi connectivity index (χ3v) is 3.88. The molecule has 3 heterocycles. The summed E-state index contributed by atoms with van der Waals surface area (Å²) in [6, 6.07) is 20.2. The molecule has 1 aromatic carbocycles. The minimum absolute atomic E-state index is 0.301. The van der Waals surface area contributed by atoms with Crippen molar-refractivity contribution >= 4 is 22.5 Å². The van der Waals surface area contributed by atoms with Gasteiger partial charge in [-0.3, -0.25) is 0 Å². The van der Waals surface area contributed by atoms with E-state index in [1.807, 2.05) is 42.5 Å². The van der Waals surface area contributed by atoms with Crippen LogP contribution < -0.4 is 0 Å². The van der Waals surface area contributed by atoms with Gasteiger partial charge in [-0.2, -0.15) is 0 Å². The fourth-order valence-electron chi connectivity index (χ4n) is 2.94. The lowest BCUT2D eigenvalue weighted by Crippen LogP contribution is -2.00. The van der Waals surface area contributed by atoms with E-state index in [4.69, 9.17) is 4.74 Å². The fraction of sp³-hybridized carbons (Fsp3) is 0.0556. The van der Waals surface area contributed by atoms with Gasteiger partial charge >= 0.3 is 5.97 Å². The molecule has 3 nitrogen and oxygen atoms in total. The third kappa shape index (κ3) is 1.64. The highest BCUT2D eigenvalue weighted by atomic mass is 16.5. The van der Waals surface area contributed by atoms with Crippen LogP contribution in [-0.2, 0) is 4.74 Å². The second kappa shape index (κ2) is 4.35. The Balaban J connectivity index is 2.09. The second-order valence-electron chi connectivity index (χ2n) is 5.03. The molecule has 3 aromatic heterocycles. The van der Waals surface area contributed by atoms with E-state index < -0.39 is 0 Å². The maximum Gasteiger partial charge on any atom is 0.340 e. The molecule has 4 aromatic rings. The minimum atomic E-state index is -0.301. The number of carbonyl (C=O) groups is 1. The zero-order valence-electron chi connectivity index (χ0n) is 11.5. The first kappa shape index (κ1) is 12.0. The summed E-state index contributed by atoms with van der Waals surface area (Å²) < 4.78 is 7.00. The molecule has 0 radical (unpaired) electrons. The number of carbonyl (C=O) groups excluding carboxylic acids is 1. The van der Waals surface area contributed by atoms with E-state index in [2.05, 4.69) is 22.6 Å². The molecule has 0 bridgehead atoms. The maximum absolute atomic E-state index is 12.0. The molecular weight excluding hydrogens is 262 g/mol. The van der Waals surface area contributed by atoms with Gasteiger partial charge < -0.3 is 9.14 Å². The van der Waals surface area contributed by atoms with E-state index in [9.17, 15) is 4.79 Å². The average molecular weight is 275 g/mol. The highest BCUT2D eigenvalue weighted by Crippen LogP contribution is 2.33. The number of esters is 1. The Hall–Kier alpha value is -2.81. The van der Waals surface area contributed by atoms with Crippen molar-refractivity contribution in [3.63, 3.8) is 0 Å². The molecule has 4 rings (SSSR count). The Morgan fingerprint density at radius 3 is 2.52 bits per heavy atom. The van der Waals surface area contributed by atoms with Crippen LogP contribution in [0.4, 0.5) is 0 Å². The quantitative estimate of drug-likeness (QED) is 0.518. The van der Waals surface area contributed by atoms with E-state index in [0.717, 1.165) is 27.7 Å². The van der Waals surface area contributed by atoms with Crippen LogP contribution in [0.2, 0.25) is 0 Å². The van der Waals surface area contributed by atoms with Crippen molar-refractivity contribution in [1.82, 2.24) is 4.40 Å². The smallest absolute Gasteiger partial charge is 0.340 e. The van der Waals surface area contributed by atoms with Gasteiger partial charge in [0.25, 0.3) is 0 Å². The molecule has 0 atom stereocenters. The molecule has 0 saturated carbocycles. The molecule has 3 heteroatoms. The van der Waals surface area contributed by atoms with Crippen LogP contribution in [0, 0.1) is 0 Å². The summed E-state index contributed by atoms with van der Waals surface area (Å²) in [5.74, 6) is -0.301. The van der Waals surface area contributed by atoms with E-state index in [-0.39, 0.29) is 5.97 Å². The van der Waals surface area contributed by atoms with Crippen molar-refractivity contribution < 1.29 is 9.53 Å². The monoisotopic (exact) mass is 275 g/mol. The number of pyridine rings is 1. The molecule has 0 aliphatic carbocycles. The molecule has 0 N–H and O–H groups in total. The van der Waals surface area contributed by atoms with E-state index in [1.54, 1.807) is 0 Å². The predicted octanol–water partition coefficient (Wildman–Crippen LogP) is 3.98. The van der Waals surface area contributed by atoms with Crippen LogP contribution in [0.1, 0.15) is 10.4 Å². The van der Waals surface area contributed by atoms with Crippen molar-refractivity contribution in [3.8, 4) is 11.1 Å². The number of hydrogen-bond donors (Lipinski definition) is 0. The Labute approximate surface area is 121 Å². The third-order valence-electron chi connectivity index (χ3n) is 3.88. The highest BCUT2D eigenvalue weighted by molar-refractivity contribution is 6.04. The first-order valence-electron chi connectivity index (χ1n) is 6.80. The van der Waals surface area contributed by atoms with Gasteiger partial charge in [-0.25, -0.2) is 4.79 Å². The second-order valence-corrected chi connectivity index (χ2v) is 5.03. The Morgan fingerprint density at radius 2 is 1.76 bits per heavy atom. The SMILES string of the molecule is COC(=O)c1cc2c(-c3ccccc3)cc3cccc1n32. The van der Waals surface area contributed by atoms with E-state index in [0.29, 0.717) is 5.56 Å². The molecule has 0 saturated heterocycles. The van der Waals surface area contributed by atoms with Gasteiger partial charge in [0.05, 0.1) is 23.7 Å². The van der Waals surface area contributed by atoms with E-state index >= 15 is 0 Å². The summed E-state index contributed by atoms with van der Waals surface area (Å²) in [7, 11) is 1.41. The largest absolute Gasteiger partial charge is 0.465 e. The lowest BCUT2D eigenvalue weighted by molar-refractivity contribution is 0.0603. The zero-order chi connectivity index (χ0) is 14.4.